The molecule has 8 heteroatoms. The van der Waals surface area contributed by atoms with Crippen molar-refractivity contribution in [1.82, 2.24) is 0 Å². The van der Waals surface area contributed by atoms with E-state index in [-0.39, 0.29) is 18.1 Å². The van der Waals surface area contributed by atoms with Crippen LogP contribution in [-0.4, -0.2) is 25.0 Å². The zero-order chi connectivity index (χ0) is 25.2. The lowest BCUT2D eigenvalue weighted by atomic mass is 10.1. The predicted molar refractivity (Wildman–Crippen MR) is 137 cm³/mol. The third-order valence-electron chi connectivity index (χ3n) is 4.80. The minimum Gasteiger partial charge on any atom is -0.490 e. The van der Waals surface area contributed by atoms with Gasteiger partial charge in [-0.05, 0) is 67.4 Å². The van der Waals surface area contributed by atoms with Crippen molar-refractivity contribution in [2.75, 3.05) is 23.8 Å². The smallest absolute Gasteiger partial charge is 0.266 e. The molecule has 0 unspecified atom stereocenters. The molecule has 0 saturated carbocycles. The van der Waals surface area contributed by atoms with E-state index in [9.17, 15) is 14.9 Å². The summed E-state index contributed by atoms with van der Waals surface area (Å²) in [5.41, 5.74) is 2.60. The Hall–Kier alpha value is -4.28. The van der Waals surface area contributed by atoms with Crippen LogP contribution in [0.2, 0.25) is 5.02 Å². The maximum absolute atomic E-state index is 12.5. The number of aryl methyl sites for hydroxylation is 1. The molecule has 0 aliphatic carbocycles. The Bertz CT molecular complexity index is 1300. The van der Waals surface area contributed by atoms with Gasteiger partial charge in [-0.25, -0.2) is 0 Å². The zero-order valence-electron chi connectivity index (χ0n) is 19.3. The fourth-order valence-corrected chi connectivity index (χ4v) is 3.31. The highest BCUT2D eigenvalue weighted by molar-refractivity contribution is 6.31. The van der Waals surface area contributed by atoms with Crippen LogP contribution in [0.5, 0.6) is 11.5 Å². The fraction of sp³-hybridized carbons (Fsp3) is 0.148. The van der Waals surface area contributed by atoms with Crippen LogP contribution in [0.1, 0.15) is 18.1 Å². The molecule has 0 radical (unpaired) electrons. The lowest BCUT2D eigenvalue weighted by molar-refractivity contribution is -0.118. The highest BCUT2D eigenvalue weighted by Gasteiger charge is 2.13. The molecule has 3 aromatic carbocycles. The Morgan fingerprint density at radius 2 is 1.80 bits per heavy atom. The van der Waals surface area contributed by atoms with Gasteiger partial charge in [0.2, 0.25) is 0 Å². The number of halogens is 1. The Morgan fingerprint density at radius 1 is 1.00 bits per heavy atom. The van der Waals surface area contributed by atoms with E-state index >= 15 is 0 Å². The van der Waals surface area contributed by atoms with Gasteiger partial charge < -0.3 is 20.1 Å². The van der Waals surface area contributed by atoms with Crippen molar-refractivity contribution in [3.05, 3.63) is 88.5 Å². The summed E-state index contributed by atoms with van der Waals surface area (Å²) in [6, 6.07) is 20.9. The van der Waals surface area contributed by atoms with Crippen molar-refractivity contribution in [2.45, 2.75) is 13.8 Å². The molecule has 3 rings (SSSR count). The van der Waals surface area contributed by atoms with Gasteiger partial charge >= 0.3 is 0 Å². The van der Waals surface area contributed by atoms with Crippen LogP contribution in [0, 0.1) is 18.3 Å². The summed E-state index contributed by atoms with van der Waals surface area (Å²) < 4.78 is 11.3. The van der Waals surface area contributed by atoms with Crippen LogP contribution in [0.4, 0.5) is 11.4 Å². The lowest BCUT2D eigenvalue weighted by Gasteiger charge is -2.13. The Kier molecular flexibility index (Phi) is 8.88. The molecule has 0 bridgehead atoms. The summed E-state index contributed by atoms with van der Waals surface area (Å²) in [4.78, 5) is 24.9. The first kappa shape index (κ1) is 25.3. The Morgan fingerprint density at radius 3 is 2.51 bits per heavy atom. The molecule has 0 atom stereocenters. The number of nitriles is 1. The maximum atomic E-state index is 12.5. The minimum absolute atomic E-state index is 0.0984. The number of carbonyl (C=O) groups excluding carboxylic acids is 2. The highest BCUT2D eigenvalue weighted by Crippen LogP contribution is 2.29. The molecule has 35 heavy (non-hydrogen) atoms. The lowest BCUT2D eigenvalue weighted by Crippen LogP contribution is -2.20. The van der Waals surface area contributed by atoms with E-state index in [0.717, 1.165) is 5.56 Å². The molecule has 0 aromatic heterocycles. The molecule has 2 amide bonds. The topological polar surface area (TPSA) is 100 Å². The largest absolute Gasteiger partial charge is 0.490 e. The molecule has 178 valence electrons. The molecular formula is C27H24ClN3O4. The predicted octanol–water partition coefficient (Wildman–Crippen LogP) is 5.61. The third-order valence-corrected chi connectivity index (χ3v) is 5.04. The van der Waals surface area contributed by atoms with E-state index in [1.807, 2.05) is 44.2 Å². The molecule has 0 heterocycles. The van der Waals surface area contributed by atoms with Gasteiger partial charge in [0.1, 0.15) is 11.6 Å². The van der Waals surface area contributed by atoms with Crippen molar-refractivity contribution in [1.29, 1.82) is 5.26 Å². The van der Waals surface area contributed by atoms with E-state index in [1.165, 1.54) is 6.08 Å². The normalized spacial score (nSPS) is 10.7. The summed E-state index contributed by atoms with van der Waals surface area (Å²) in [7, 11) is 0. The summed E-state index contributed by atoms with van der Waals surface area (Å²) >= 11 is 5.94. The van der Waals surface area contributed by atoms with E-state index in [4.69, 9.17) is 21.1 Å². The third kappa shape index (κ3) is 7.36. The van der Waals surface area contributed by atoms with Crippen molar-refractivity contribution in [3.63, 3.8) is 0 Å². The van der Waals surface area contributed by atoms with E-state index in [1.54, 1.807) is 42.5 Å². The number of hydrogen-bond donors (Lipinski definition) is 2. The second-order valence-corrected chi connectivity index (χ2v) is 7.86. The van der Waals surface area contributed by atoms with E-state index < -0.39 is 5.91 Å². The average molecular weight is 490 g/mol. The highest BCUT2D eigenvalue weighted by atomic mass is 35.5. The SMILES string of the molecule is CCOc1cc(/C=C(/C#N)C(=O)Nc2cccc(Cl)c2)ccc1OCC(=O)Nc1ccccc1C. The number of amides is 2. The van der Waals surface area contributed by atoms with Crippen LogP contribution in [0.25, 0.3) is 6.08 Å². The number of ether oxygens (including phenoxy) is 2. The second-order valence-electron chi connectivity index (χ2n) is 7.43. The molecule has 0 saturated heterocycles. The Labute approximate surface area is 208 Å². The quantitative estimate of drug-likeness (QED) is 0.300. The summed E-state index contributed by atoms with van der Waals surface area (Å²) in [5.74, 6) is -0.126. The second kappa shape index (κ2) is 12.3. The molecular weight excluding hydrogens is 466 g/mol. The summed E-state index contributed by atoms with van der Waals surface area (Å²) in [6.45, 7) is 3.87. The number of para-hydroxylation sites is 1. The summed E-state index contributed by atoms with van der Waals surface area (Å²) in [6.07, 6.45) is 1.44. The van der Waals surface area contributed by atoms with Crippen LogP contribution >= 0.6 is 11.6 Å². The van der Waals surface area contributed by atoms with Gasteiger partial charge in [-0.3, -0.25) is 9.59 Å². The van der Waals surface area contributed by atoms with Crippen molar-refractivity contribution in [3.8, 4) is 17.6 Å². The Balaban J connectivity index is 1.72. The van der Waals surface area contributed by atoms with Crippen LogP contribution in [0.15, 0.2) is 72.3 Å². The summed E-state index contributed by atoms with van der Waals surface area (Å²) in [5, 5.41) is 15.4. The molecule has 0 aliphatic rings. The number of anilines is 2. The maximum Gasteiger partial charge on any atom is 0.266 e. The van der Waals surface area contributed by atoms with Gasteiger partial charge in [0.15, 0.2) is 18.1 Å². The monoisotopic (exact) mass is 489 g/mol. The van der Waals surface area contributed by atoms with Gasteiger partial charge in [-0.2, -0.15) is 5.26 Å². The van der Waals surface area contributed by atoms with Gasteiger partial charge in [0.05, 0.1) is 6.61 Å². The number of hydrogen-bond acceptors (Lipinski definition) is 5. The fourth-order valence-electron chi connectivity index (χ4n) is 3.12. The average Bonchev–Trinajstić information content (AvgIpc) is 2.83. The number of benzene rings is 3. The molecule has 0 fully saturated rings. The first-order chi connectivity index (χ1) is 16.9. The molecule has 3 aromatic rings. The van der Waals surface area contributed by atoms with Crippen molar-refractivity contribution >= 4 is 40.9 Å². The van der Waals surface area contributed by atoms with Gasteiger partial charge in [-0.15, -0.1) is 0 Å². The van der Waals surface area contributed by atoms with Gasteiger partial charge in [0.25, 0.3) is 11.8 Å². The molecule has 7 nitrogen and oxygen atoms in total. The number of rotatable bonds is 9. The van der Waals surface area contributed by atoms with Crippen molar-refractivity contribution < 1.29 is 19.1 Å². The number of nitrogens with one attached hydrogen (secondary N) is 2. The zero-order valence-corrected chi connectivity index (χ0v) is 20.1. The minimum atomic E-state index is -0.569. The van der Waals surface area contributed by atoms with Gasteiger partial charge in [0, 0.05) is 16.4 Å². The first-order valence-corrected chi connectivity index (χ1v) is 11.2. The van der Waals surface area contributed by atoms with Crippen LogP contribution in [0.3, 0.4) is 0 Å². The standard InChI is InChI=1S/C27H24ClN3O4/c1-3-34-25-14-19(13-20(16-29)27(33)30-22-9-6-8-21(28)15-22)11-12-24(25)35-17-26(32)31-23-10-5-4-7-18(23)2/h4-15H,3,17H2,1-2H3,(H,30,33)(H,31,32)/b20-13-. The van der Waals surface area contributed by atoms with E-state index in [2.05, 4.69) is 10.6 Å². The van der Waals surface area contributed by atoms with Gasteiger partial charge in [-0.1, -0.05) is 41.9 Å². The number of carbonyl (C=O) groups is 2. The molecule has 0 aliphatic heterocycles. The van der Waals surface area contributed by atoms with E-state index in [0.29, 0.717) is 40.1 Å². The first-order valence-electron chi connectivity index (χ1n) is 10.8. The van der Waals surface area contributed by atoms with Crippen LogP contribution < -0.4 is 20.1 Å². The molecule has 0 spiro atoms. The number of nitrogens with zero attached hydrogens (tertiary/aromatic N) is 1. The van der Waals surface area contributed by atoms with Crippen molar-refractivity contribution in [2.24, 2.45) is 0 Å². The molecule has 2 N–H and O–H groups in total. The van der Waals surface area contributed by atoms with Crippen LogP contribution in [-0.2, 0) is 9.59 Å².